The molecule has 0 saturated carbocycles. The molecule has 0 aliphatic heterocycles. The maximum Gasteiger partial charge on any atom is 0.258 e. The lowest BCUT2D eigenvalue weighted by molar-refractivity contribution is -0.123. The summed E-state index contributed by atoms with van der Waals surface area (Å²) in [5.74, 6) is -0.748. The molecule has 0 bridgehead atoms. The fourth-order valence-corrected chi connectivity index (χ4v) is 4.35. The zero-order valence-corrected chi connectivity index (χ0v) is 17.2. The zero-order chi connectivity index (χ0) is 20.7. The first-order valence-corrected chi connectivity index (χ1v) is 10.5. The van der Waals surface area contributed by atoms with Crippen LogP contribution in [0.1, 0.15) is 19.4 Å². The number of carbonyl (C=O) groups is 1. The summed E-state index contributed by atoms with van der Waals surface area (Å²) in [6.45, 7) is 3.88. The molecule has 9 heteroatoms. The van der Waals surface area contributed by atoms with Gasteiger partial charge in [-0.1, -0.05) is 37.6 Å². The van der Waals surface area contributed by atoms with E-state index in [1.165, 1.54) is 34.6 Å². The van der Waals surface area contributed by atoms with E-state index in [-0.39, 0.29) is 34.6 Å². The van der Waals surface area contributed by atoms with Gasteiger partial charge >= 0.3 is 0 Å². The highest BCUT2D eigenvalue weighted by Crippen LogP contribution is 2.29. The van der Waals surface area contributed by atoms with Gasteiger partial charge in [0.05, 0.1) is 0 Å². The molecule has 0 unspecified atom stereocenters. The maximum absolute atomic E-state index is 12.9. The van der Waals surface area contributed by atoms with E-state index >= 15 is 0 Å². The summed E-state index contributed by atoms with van der Waals surface area (Å²) in [6.07, 6.45) is 0. The predicted molar refractivity (Wildman–Crippen MR) is 105 cm³/mol. The molecule has 0 saturated heterocycles. The number of rotatable bonds is 9. The number of ether oxygens (including phenoxy) is 1. The third kappa shape index (κ3) is 5.67. The van der Waals surface area contributed by atoms with Gasteiger partial charge in [0.1, 0.15) is 16.5 Å². The van der Waals surface area contributed by atoms with Crippen LogP contribution in [0.4, 0.5) is 4.39 Å². The molecule has 0 aromatic heterocycles. The summed E-state index contributed by atoms with van der Waals surface area (Å²) in [7, 11) is -3.80. The third-order valence-corrected chi connectivity index (χ3v) is 6.30. The van der Waals surface area contributed by atoms with Crippen LogP contribution in [0.5, 0.6) is 5.75 Å². The molecule has 0 aliphatic carbocycles. The van der Waals surface area contributed by atoms with Crippen molar-refractivity contribution in [3.63, 3.8) is 0 Å². The molecule has 2 aromatic carbocycles. The van der Waals surface area contributed by atoms with Crippen molar-refractivity contribution in [2.45, 2.75) is 25.3 Å². The Labute approximate surface area is 169 Å². The minimum atomic E-state index is -3.80. The van der Waals surface area contributed by atoms with Crippen molar-refractivity contribution >= 4 is 27.5 Å². The first-order chi connectivity index (χ1) is 13.3. The largest absolute Gasteiger partial charge is 0.482 e. The Kier molecular flexibility index (Phi) is 7.79. The Bertz CT molecular complexity index is 916. The van der Waals surface area contributed by atoms with Crippen LogP contribution in [0, 0.1) is 5.82 Å². The Hall–Kier alpha value is -2.16. The number of halogens is 2. The van der Waals surface area contributed by atoms with Gasteiger partial charge in [-0.15, -0.1) is 0 Å². The number of hydrogen-bond acceptors (Lipinski definition) is 4. The predicted octanol–water partition coefficient (Wildman–Crippen LogP) is 3.20. The van der Waals surface area contributed by atoms with E-state index in [1.54, 1.807) is 26.0 Å². The van der Waals surface area contributed by atoms with Crippen molar-refractivity contribution in [3.05, 3.63) is 58.9 Å². The molecule has 0 atom stereocenters. The molecule has 1 amide bonds. The van der Waals surface area contributed by atoms with Crippen molar-refractivity contribution in [3.8, 4) is 5.75 Å². The smallest absolute Gasteiger partial charge is 0.258 e. The average molecular weight is 429 g/mol. The van der Waals surface area contributed by atoms with E-state index in [0.717, 1.165) is 5.56 Å². The molecular formula is C19H22ClFN2O4S. The fourth-order valence-electron chi connectivity index (χ4n) is 2.50. The molecule has 0 heterocycles. The molecule has 28 heavy (non-hydrogen) atoms. The van der Waals surface area contributed by atoms with E-state index in [1.807, 2.05) is 0 Å². The van der Waals surface area contributed by atoms with Crippen LogP contribution in [0.2, 0.25) is 5.02 Å². The number of hydrogen-bond donors (Lipinski definition) is 1. The van der Waals surface area contributed by atoms with Crippen LogP contribution in [-0.4, -0.2) is 38.3 Å². The van der Waals surface area contributed by atoms with Gasteiger partial charge in [-0.2, -0.15) is 4.31 Å². The lowest BCUT2D eigenvalue weighted by atomic mass is 10.2. The Morgan fingerprint density at radius 1 is 1.14 bits per heavy atom. The lowest BCUT2D eigenvalue weighted by Crippen LogP contribution is -2.32. The molecule has 0 spiro atoms. The molecule has 1 N–H and O–H groups in total. The number of benzene rings is 2. The Morgan fingerprint density at radius 3 is 2.39 bits per heavy atom. The van der Waals surface area contributed by atoms with Crippen LogP contribution in [0.3, 0.4) is 0 Å². The number of carbonyl (C=O) groups excluding carboxylic acids is 1. The van der Waals surface area contributed by atoms with E-state index in [9.17, 15) is 17.6 Å². The molecule has 6 nitrogen and oxygen atoms in total. The number of sulfonamides is 1. The molecule has 152 valence electrons. The second-order valence-corrected chi connectivity index (χ2v) is 8.22. The second-order valence-electron chi connectivity index (χ2n) is 5.87. The van der Waals surface area contributed by atoms with Crippen LogP contribution in [0.25, 0.3) is 0 Å². The van der Waals surface area contributed by atoms with Crippen molar-refractivity contribution in [1.29, 1.82) is 0 Å². The molecule has 0 fully saturated rings. The summed E-state index contributed by atoms with van der Waals surface area (Å²) in [5.41, 5.74) is 0.728. The molecular weight excluding hydrogens is 407 g/mol. The van der Waals surface area contributed by atoms with E-state index in [2.05, 4.69) is 5.32 Å². The zero-order valence-electron chi connectivity index (χ0n) is 15.6. The Morgan fingerprint density at radius 2 is 1.79 bits per heavy atom. The molecule has 0 radical (unpaired) electrons. The van der Waals surface area contributed by atoms with Crippen molar-refractivity contribution in [2.75, 3.05) is 19.7 Å². The van der Waals surface area contributed by atoms with Gasteiger partial charge < -0.3 is 10.1 Å². The SMILES string of the molecule is CCN(CC)S(=O)(=O)c1cc(Cl)ccc1OCC(=O)NCc1ccc(F)cc1. The third-order valence-electron chi connectivity index (χ3n) is 3.99. The summed E-state index contributed by atoms with van der Waals surface area (Å²) < 4.78 is 45.2. The summed E-state index contributed by atoms with van der Waals surface area (Å²) in [4.78, 5) is 11.9. The van der Waals surface area contributed by atoms with Gasteiger partial charge in [-0.25, -0.2) is 12.8 Å². The van der Waals surface area contributed by atoms with Gasteiger partial charge in [0, 0.05) is 24.7 Å². The fraction of sp³-hybridized carbons (Fsp3) is 0.316. The Balaban J connectivity index is 2.07. The second kappa shape index (κ2) is 9.86. The lowest BCUT2D eigenvalue weighted by Gasteiger charge is -2.20. The highest BCUT2D eigenvalue weighted by atomic mass is 35.5. The molecule has 0 aliphatic rings. The number of amides is 1. The molecule has 2 aromatic rings. The van der Waals surface area contributed by atoms with E-state index in [0.29, 0.717) is 13.1 Å². The van der Waals surface area contributed by atoms with Gasteiger partial charge in [0.25, 0.3) is 5.91 Å². The van der Waals surface area contributed by atoms with E-state index in [4.69, 9.17) is 16.3 Å². The molecule has 2 rings (SSSR count). The first kappa shape index (κ1) is 22.1. The monoisotopic (exact) mass is 428 g/mol. The highest BCUT2D eigenvalue weighted by molar-refractivity contribution is 7.89. The van der Waals surface area contributed by atoms with Gasteiger partial charge in [0.2, 0.25) is 10.0 Å². The highest BCUT2D eigenvalue weighted by Gasteiger charge is 2.26. The summed E-state index contributed by atoms with van der Waals surface area (Å²) >= 11 is 5.96. The van der Waals surface area contributed by atoms with Crippen molar-refractivity contribution < 1.29 is 22.3 Å². The van der Waals surface area contributed by atoms with Crippen LogP contribution in [0.15, 0.2) is 47.4 Å². The van der Waals surface area contributed by atoms with Gasteiger partial charge in [0.15, 0.2) is 6.61 Å². The van der Waals surface area contributed by atoms with Crippen LogP contribution in [-0.2, 0) is 21.4 Å². The number of nitrogens with zero attached hydrogens (tertiary/aromatic N) is 1. The summed E-state index contributed by atoms with van der Waals surface area (Å²) in [5, 5.41) is 2.88. The average Bonchev–Trinajstić information content (AvgIpc) is 2.67. The van der Waals surface area contributed by atoms with Crippen molar-refractivity contribution in [1.82, 2.24) is 9.62 Å². The van der Waals surface area contributed by atoms with Crippen molar-refractivity contribution in [2.24, 2.45) is 0 Å². The minimum Gasteiger partial charge on any atom is -0.482 e. The number of nitrogens with one attached hydrogen (secondary N) is 1. The quantitative estimate of drug-likeness (QED) is 0.665. The summed E-state index contributed by atoms with van der Waals surface area (Å²) in [6, 6.07) is 9.95. The normalized spacial score (nSPS) is 11.5. The van der Waals surface area contributed by atoms with Gasteiger partial charge in [-0.3, -0.25) is 4.79 Å². The first-order valence-electron chi connectivity index (χ1n) is 8.71. The topological polar surface area (TPSA) is 75.7 Å². The van der Waals surface area contributed by atoms with Crippen LogP contribution < -0.4 is 10.1 Å². The maximum atomic E-state index is 12.9. The minimum absolute atomic E-state index is 0.0493. The standard InChI is InChI=1S/C19H22ClFN2O4S/c1-3-23(4-2)28(25,26)18-11-15(20)7-10-17(18)27-13-19(24)22-12-14-5-8-16(21)9-6-14/h5-11H,3-4,12-13H2,1-2H3,(H,22,24). The van der Waals surface area contributed by atoms with Gasteiger partial charge in [-0.05, 0) is 35.9 Å². The van der Waals surface area contributed by atoms with Crippen LogP contribution >= 0.6 is 11.6 Å². The van der Waals surface area contributed by atoms with E-state index < -0.39 is 15.9 Å².